The molecule has 2 aromatic rings. The van der Waals surface area contributed by atoms with E-state index in [1.54, 1.807) is 12.3 Å². The van der Waals surface area contributed by atoms with E-state index in [-0.39, 0.29) is 11.9 Å². The third kappa shape index (κ3) is 3.52. The fourth-order valence-corrected chi connectivity index (χ4v) is 2.75. The molecular weight excluding hydrogens is 276 g/mol. The summed E-state index contributed by atoms with van der Waals surface area (Å²) < 4.78 is 5.46. The first-order valence-electron chi connectivity index (χ1n) is 7.68. The van der Waals surface area contributed by atoms with Gasteiger partial charge in [-0.05, 0) is 30.5 Å². The van der Waals surface area contributed by atoms with E-state index >= 15 is 0 Å². The molecule has 1 aromatic carbocycles. The van der Waals surface area contributed by atoms with Crippen LogP contribution >= 0.6 is 0 Å². The van der Waals surface area contributed by atoms with Crippen LogP contribution in [0.25, 0.3) is 0 Å². The van der Waals surface area contributed by atoms with E-state index in [9.17, 15) is 4.79 Å². The third-order valence-corrected chi connectivity index (χ3v) is 3.98. The number of nitrogens with zero attached hydrogens (tertiary/aromatic N) is 2. The Morgan fingerprint density at radius 3 is 2.68 bits per heavy atom. The largest absolute Gasteiger partial charge is 0.379 e. The minimum Gasteiger partial charge on any atom is -0.379 e. The number of ether oxygens (including phenoxy) is 1. The predicted molar refractivity (Wildman–Crippen MR) is 84.6 cm³/mol. The van der Waals surface area contributed by atoms with Crippen LogP contribution in [0, 0.1) is 0 Å². The van der Waals surface area contributed by atoms with Crippen LogP contribution in [0.5, 0.6) is 0 Å². The van der Waals surface area contributed by atoms with E-state index in [1.807, 2.05) is 35.2 Å². The lowest BCUT2D eigenvalue weighted by Gasteiger charge is -2.28. The van der Waals surface area contributed by atoms with Crippen LogP contribution in [0.15, 0.2) is 54.7 Å². The van der Waals surface area contributed by atoms with Gasteiger partial charge in [-0.15, -0.1) is 0 Å². The molecule has 2 heterocycles. The number of rotatable bonds is 5. The number of pyridine rings is 1. The number of hydrogen-bond donors (Lipinski definition) is 0. The van der Waals surface area contributed by atoms with Gasteiger partial charge in [0.1, 0.15) is 5.69 Å². The van der Waals surface area contributed by atoms with Gasteiger partial charge >= 0.3 is 0 Å². The van der Waals surface area contributed by atoms with Crippen LogP contribution in [0.2, 0.25) is 0 Å². The fourth-order valence-electron chi connectivity index (χ4n) is 2.75. The molecule has 114 valence electrons. The Morgan fingerprint density at radius 1 is 1.18 bits per heavy atom. The molecule has 1 aliphatic heterocycles. The van der Waals surface area contributed by atoms with Crippen LogP contribution < -0.4 is 0 Å². The molecule has 1 atom stereocenters. The summed E-state index contributed by atoms with van der Waals surface area (Å²) >= 11 is 0. The van der Waals surface area contributed by atoms with Crippen molar-refractivity contribution in [2.45, 2.75) is 18.9 Å². The molecule has 0 N–H and O–H groups in total. The average Bonchev–Trinajstić information content (AvgIpc) is 3.11. The van der Waals surface area contributed by atoms with Crippen LogP contribution in [0.4, 0.5) is 0 Å². The van der Waals surface area contributed by atoms with E-state index in [0.717, 1.165) is 19.4 Å². The summed E-state index contributed by atoms with van der Waals surface area (Å²) in [4.78, 5) is 18.9. The molecule has 1 amide bonds. The van der Waals surface area contributed by atoms with Gasteiger partial charge in [0.25, 0.3) is 5.91 Å². The Kier molecular flexibility index (Phi) is 4.81. The van der Waals surface area contributed by atoms with E-state index in [2.05, 4.69) is 17.1 Å². The Morgan fingerprint density at radius 2 is 2.00 bits per heavy atom. The van der Waals surface area contributed by atoms with Gasteiger partial charge in [-0.3, -0.25) is 9.78 Å². The molecule has 0 bridgehead atoms. The first kappa shape index (κ1) is 14.7. The number of benzene rings is 1. The van der Waals surface area contributed by atoms with E-state index in [4.69, 9.17) is 4.74 Å². The van der Waals surface area contributed by atoms with Crippen molar-refractivity contribution >= 4 is 5.91 Å². The maximum absolute atomic E-state index is 12.8. The first-order valence-corrected chi connectivity index (χ1v) is 7.68. The molecule has 1 aliphatic rings. The summed E-state index contributed by atoms with van der Waals surface area (Å²) in [5.74, 6) is -0.00738. The molecule has 0 radical (unpaired) electrons. The number of amides is 1. The molecule has 0 saturated carbocycles. The van der Waals surface area contributed by atoms with Crippen molar-refractivity contribution in [2.75, 3.05) is 19.8 Å². The van der Waals surface area contributed by atoms with Crippen molar-refractivity contribution in [1.29, 1.82) is 0 Å². The lowest BCUT2D eigenvalue weighted by atomic mass is 10.1. The second-order valence-corrected chi connectivity index (χ2v) is 5.47. The molecule has 1 unspecified atom stereocenters. The van der Waals surface area contributed by atoms with Crippen LogP contribution in [0.1, 0.15) is 22.5 Å². The van der Waals surface area contributed by atoms with Crippen LogP contribution in [0.3, 0.4) is 0 Å². The summed E-state index contributed by atoms with van der Waals surface area (Å²) in [6, 6.07) is 15.8. The van der Waals surface area contributed by atoms with Crippen molar-refractivity contribution in [2.24, 2.45) is 0 Å². The number of carbonyl (C=O) groups is 1. The quantitative estimate of drug-likeness (QED) is 0.851. The van der Waals surface area contributed by atoms with Gasteiger partial charge in [-0.2, -0.15) is 0 Å². The normalized spacial score (nSPS) is 17.4. The average molecular weight is 296 g/mol. The molecule has 4 heteroatoms. The summed E-state index contributed by atoms with van der Waals surface area (Å²) in [6.07, 6.45) is 3.40. The SMILES string of the molecule is O=C(c1ccccn1)N(CCc1ccccc1)C1CCOC1. The second-order valence-electron chi connectivity index (χ2n) is 5.47. The molecule has 0 aliphatic carbocycles. The van der Waals surface area contributed by atoms with Gasteiger partial charge in [-0.25, -0.2) is 0 Å². The van der Waals surface area contributed by atoms with Crippen molar-refractivity contribution in [1.82, 2.24) is 9.88 Å². The van der Waals surface area contributed by atoms with Crippen LogP contribution in [-0.4, -0.2) is 41.6 Å². The minimum atomic E-state index is -0.00738. The second kappa shape index (κ2) is 7.18. The highest BCUT2D eigenvalue weighted by molar-refractivity contribution is 5.92. The van der Waals surface area contributed by atoms with Gasteiger partial charge in [-0.1, -0.05) is 36.4 Å². The van der Waals surface area contributed by atoms with Gasteiger partial charge in [0.2, 0.25) is 0 Å². The molecule has 3 rings (SSSR count). The Balaban J connectivity index is 1.73. The van der Waals surface area contributed by atoms with Gasteiger partial charge in [0.05, 0.1) is 12.6 Å². The Bertz CT molecular complexity index is 595. The number of hydrogen-bond acceptors (Lipinski definition) is 3. The highest BCUT2D eigenvalue weighted by Gasteiger charge is 2.28. The van der Waals surface area contributed by atoms with Crippen molar-refractivity contribution in [3.63, 3.8) is 0 Å². The van der Waals surface area contributed by atoms with E-state index in [1.165, 1.54) is 5.56 Å². The molecule has 0 spiro atoms. The van der Waals surface area contributed by atoms with E-state index in [0.29, 0.717) is 18.8 Å². The van der Waals surface area contributed by atoms with Gasteiger partial charge in [0, 0.05) is 19.3 Å². The highest BCUT2D eigenvalue weighted by Crippen LogP contribution is 2.16. The zero-order valence-corrected chi connectivity index (χ0v) is 12.5. The first-order chi connectivity index (χ1) is 10.8. The Hall–Kier alpha value is -2.20. The summed E-state index contributed by atoms with van der Waals surface area (Å²) in [5, 5.41) is 0. The minimum absolute atomic E-state index is 0.00738. The van der Waals surface area contributed by atoms with Crippen molar-refractivity contribution in [3.05, 3.63) is 66.0 Å². The molecule has 4 nitrogen and oxygen atoms in total. The monoisotopic (exact) mass is 296 g/mol. The third-order valence-electron chi connectivity index (χ3n) is 3.98. The molecule has 1 aromatic heterocycles. The lowest BCUT2D eigenvalue weighted by molar-refractivity contribution is 0.0650. The fraction of sp³-hybridized carbons (Fsp3) is 0.333. The topological polar surface area (TPSA) is 42.4 Å². The zero-order valence-electron chi connectivity index (χ0n) is 12.5. The molecule has 22 heavy (non-hydrogen) atoms. The summed E-state index contributed by atoms with van der Waals surface area (Å²) in [6.45, 7) is 2.03. The van der Waals surface area contributed by atoms with Crippen molar-refractivity contribution in [3.8, 4) is 0 Å². The maximum atomic E-state index is 12.8. The van der Waals surface area contributed by atoms with Crippen molar-refractivity contribution < 1.29 is 9.53 Å². The molecular formula is C18H20N2O2. The van der Waals surface area contributed by atoms with Gasteiger partial charge in [0.15, 0.2) is 0 Å². The Labute approximate surface area is 130 Å². The van der Waals surface area contributed by atoms with Gasteiger partial charge < -0.3 is 9.64 Å². The van der Waals surface area contributed by atoms with E-state index < -0.39 is 0 Å². The highest BCUT2D eigenvalue weighted by atomic mass is 16.5. The molecule has 1 fully saturated rings. The number of aromatic nitrogens is 1. The smallest absolute Gasteiger partial charge is 0.272 e. The standard InChI is InChI=1S/C18H20N2O2/c21-18(17-8-4-5-11-19-17)20(16-10-13-22-14-16)12-9-15-6-2-1-3-7-15/h1-8,11,16H,9-10,12-14H2. The van der Waals surface area contributed by atoms with Crippen LogP contribution in [-0.2, 0) is 11.2 Å². The summed E-state index contributed by atoms with van der Waals surface area (Å²) in [5.41, 5.74) is 1.74. The summed E-state index contributed by atoms with van der Waals surface area (Å²) in [7, 11) is 0. The lowest BCUT2D eigenvalue weighted by Crippen LogP contribution is -2.42. The zero-order chi connectivity index (χ0) is 15.2. The molecule has 1 saturated heterocycles. The predicted octanol–water partition coefficient (Wildman–Crippen LogP) is 2.56. The maximum Gasteiger partial charge on any atom is 0.272 e. The number of carbonyl (C=O) groups excluding carboxylic acids is 1.